The number of rotatable bonds is 7. The first-order valence-corrected chi connectivity index (χ1v) is 9.65. The van der Waals surface area contributed by atoms with Gasteiger partial charge in [0.2, 0.25) is 5.69 Å². The van der Waals surface area contributed by atoms with Crippen LogP contribution in [0.25, 0.3) is 5.69 Å². The van der Waals surface area contributed by atoms with Crippen LogP contribution >= 0.6 is 0 Å². The Morgan fingerprint density at radius 2 is 1.70 bits per heavy atom. The SMILES string of the molecule is Cc1ccc(Cn2c(=O)c(C(=O)NCCN(C)C)nn(-c3ccccc3)c2=O)cc1. The lowest BCUT2D eigenvalue weighted by Gasteiger charge is -2.13. The van der Waals surface area contributed by atoms with Gasteiger partial charge in [0.1, 0.15) is 0 Å². The minimum Gasteiger partial charge on any atom is -0.349 e. The van der Waals surface area contributed by atoms with E-state index in [9.17, 15) is 14.4 Å². The van der Waals surface area contributed by atoms with E-state index < -0.39 is 17.2 Å². The van der Waals surface area contributed by atoms with Crippen LogP contribution in [0, 0.1) is 6.92 Å². The fourth-order valence-electron chi connectivity index (χ4n) is 2.89. The summed E-state index contributed by atoms with van der Waals surface area (Å²) < 4.78 is 2.14. The molecule has 3 aromatic rings. The molecule has 0 saturated heterocycles. The van der Waals surface area contributed by atoms with Gasteiger partial charge in [0.25, 0.3) is 11.5 Å². The van der Waals surface area contributed by atoms with Gasteiger partial charge in [0.15, 0.2) is 0 Å². The third-order valence-corrected chi connectivity index (χ3v) is 4.58. The Bertz CT molecular complexity index is 1130. The highest BCUT2D eigenvalue weighted by atomic mass is 16.2. The first-order valence-electron chi connectivity index (χ1n) is 9.65. The smallest absolute Gasteiger partial charge is 0.349 e. The molecule has 0 bridgehead atoms. The first kappa shape index (κ1) is 21.2. The van der Waals surface area contributed by atoms with Crippen molar-refractivity contribution in [3.8, 4) is 5.69 Å². The maximum absolute atomic E-state index is 13.1. The number of benzene rings is 2. The van der Waals surface area contributed by atoms with E-state index in [-0.39, 0.29) is 12.2 Å². The van der Waals surface area contributed by atoms with Crippen LogP contribution in [-0.4, -0.2) is 52.3 Å². The highest BCUT2D eigenvalue weighted by molar-refractivity contribution is 5.91. The topological polar surface area (TPSA) is 89.2 Å². The highest BCUT2D eigenvalue weighted by Crippen LogP contribution is 2.05. The van der Waals surface area contributed by atoms with Gasteiger partial charge in [-0.3, -0.25) is 14.2 Å². The maximum atomic E-state index is 13.1. The second kappa shape index (κ2) is 9.32. The molecule has 0 spiro atoms. The summed E-state index contributed by atoms with van der Waals surface area (Å²) in [4.78, 5) is 40.6. The molecule has 0 aliphatic carbocycles. The summed E-state index contributed by atoms with van der Waals surface area (Å²) in [5.41, 5.74) is 0.701. The van der Waals surface area contributed by atoms with Gasteiger partial charge in [-0.15, -0.1) is 0 Å². The number of para-hydroxylation sites is 1. The van der Waals surface area contributed by atoms with Gasteiger partial charge in [0.05, 0.1) is 12.2 Å². The molecule has 8 heteroatoms. The molecule has 156 valence electrons. The summed E-state index contributed by atoms with van der Waals surface area (Å²) in [6, 6.07) is 16.2. The molecule has 1 amide bonds. The Labute approximate surface area is 174 Å². The quantitative estimate of drug-likeness (QED) is 0.632. The molecular formula is C22H25N5O3. The fraction of sp³-hybridized carbons (Fsp3) is 0.273. The number of hydrogen-bond acceptors (Lipinski definition) is 5. The Morgan fingerprint density at radius 3 is 2.33 bits per heavy atom. The Morgan fingerprint density at radius 1 is 1.03 bits per heavy atom. The third-order valence-electron chi connectivity index (χ3n) is 4.58. The molecule has 0 radical (unpaired) electrons. The van der Waals surface area contributed by atoms with E-state index >= 15 is 0 Å². The predicted molar refractivity (Wildman–Crippen MR) is 115 cm³/mol. The van der Waals surface area contributed by atoms with Crippen LogP contribution in [0.3, 0.4) is 0 Å². The number of likely N-dealkylation sites (N-methyl/N-ethyl adjacent to an activating group) is 1. The molecule has 1 N–H and O–H groups in total. The van der Waals surface area contributed by atoms with Gasteiger partial charge in [-0.2, -0.15) is 9.78 Å². The van der Waals surface area contributed by atoms with Crippen molar-refractivity contribution in [3.63, 3.8) is 0 Å². The van der Waals surface area contributed by atoms with E-state index in [1.54, 1.807) is 24.3 Å². The number of amides is 1. The zero-order valence-electron chi connectivity index (χ0n) is 17.3. The van der Waals surface area contributed by atoms with Crippen LogP contribution in [0.4, 0.5) is 0 Å². The van der Waals surface area contributed by atoms with E-state index in [0.29, 0.717) is 18.8 Å². The van der Waals surface area contributed by atoms with E-state index in [4.69, 9.17) is 0 Å². The monoisotopic (exact) mass is 407 g/mol. The van der Waals surface area contributed by atoms with Crippen molar-refractivity contribution < 1.29 is 4.79 Å². The summed E-state index contributed by atoms with van der Waals surface area (Å²) >= 11 is 0. The van der Waals surface area contributed by atoms with Gasteiger partial charge < -0.3 is 10.2 Å². The zero-order chi connectivity index (χ0) is 21.7. The lowest BCUT2D eigenvalue weighted by Crippen LogP contribution is -2.46. The maximum Gasteiger partial charge on any atom is 0.352 e. The summed E-state index contributed by atoms with van der Waals surface area (Å²) in [7, 11) is 3.77. The number of hydrogen-bond donors (Lipinski definition) is 1. The summed E-state index contributed by atoms with van der Waals surface area (Å²) in [5, 5.41) is 6.80. The van der Waals surface area contributed by atoms with Crippen molar-refractivity contribution in [2.45, 2.75) is 13.5 Å². The summed E-state index contributed by atoms with van der Waals surface area (Å²) in [6.45, 7) is 2.98. The third kappa shape index (κ3) is 4.90. The van der Waals surface area contributed by atoms with Gasteiger partial charge in [-0.25, -0.2) is 4.79 Å². The predicted octanol–water partition coefficient (Wildman–Crippen LogP) is 1.04. The van der Waals surface area contributed by atoms with Gasteiger partial charge in [-0.1, -0.05) is 48.0 Å². The van der Waals surface area contributed by atoms with Crippen LogP contribution in [0.1, 0.15) is 21.6 Å². The number of aromatic nitrogens is 3. The fourth-order valence-corrected chi connectivity index (χ4v) is 2.89. The van der Waals surface area contributed by atoms with Crippen LogP contribution < -0.4 is 16.6 Å². The minimum atomic E-state index is -0.713. The highest BCUT2D eigenvalue weighted by Gasteiger charge is 2.20. The number of carbonyl (C=O) groups is 1. The number of aryl methyl sites for hydroxylation is 1. The van der Waals surface area contributed by atoms with E-state index in [0.717, 1.165) is 20.4 Å². The average molecular weight is 407 g/mol. The molecule has 0 saturated carbocycles. The standard InChI is InChI=1S/C22H25N5O3/c1-16-9-11-17(12-10-16)15-26-21(29)19(20(28)23-13-14-25(2)3)24-27(22(26)30)18-7-5-4-6-8-18/h4-12H,13-15H2,1-3H3,(H,23,28). The molecule has 0 unspecified atom stereocenters. The average Bonchev–Trinajstić information content (AvgIpc) is 2.73. The molecule has 0 aliphatic rings. The van der Waals surface area contributed by atoms with E-state index in [1.165, 1.54) is 0 Å². The first-order chi connectivity index (χ1) is 14.4. The zero-order valence-corrected chi connectivity index (χ0v) is 17.3. The minimum absolute atomic E-state index is 0.0469. The number of nitrogens with one attached hydrogen (secondary N) is 1. The van der Waals surface area contributed by atoms with Crippen molar-refractivity contribution in [1.82, 2.24) is 24.6 Å². The van der Waals surface area contributed by atoms with E-state index in [2.05, 4.69) is 10.4 Å². The van der Waals surface area contributed by atoms with Crippen molar-refractivity contribution in [2.24, 2.45) is 0 Å². The Hall–Kier alpha value is -3.52. The van der Waals surface area contributed by atoms with Gasteiger partial charge in [0, 0.05) is 13.1 Å². The second-order valence-corrected chi connectivity index (χ2v) is 7.31. The van der Waals surface area contributed by atoms with Crippen molar-refractivity contribution >= 4 is 5.91 Å². The van der Waals surface area contributed by atoms with Gasteiger partial charge in [-0.05, 0) is 38.7 Å². The normalized spacial score (nSPS) is 10.9. The number of nitrogens with zero attached hydrogens (tertiary/aromatic N) is 4. The molecule has 3 rings (SSSR count). The lowest BCUT2D eigenvalue weighted by molar-refractivity contribution is 0.0941. The Balaban J connectivity index is 2.08. The molecule has 0 atom stereocenters. The molecule has 0 aliphatic heterocycles. The lowest BCUT2D eigenvalue weighted by atomic mass is 10.1. The Kier molecular flexibility index (Phi) is 6.58. The van der Waals surface area contributed by atoms with Crippen molar-refractivity contribution in [2.75, 3.05) is 27.2 Å². The molecular weight excluding hydrogens is 382 g/mol. The summed E-state index contributed by atoms with van der Waals surface area (Å²) in [6.07, 6.45) is 0. The molecule has 0 fully saturated rings. The van der Waals surface area contributed by atoms with Gasteiger partial charge >= 0.3 is 5.69 Å². The van der Waals surface area contributed by atoms with E-state index in [1.807, 2.05) is 56.3 Å². The largest absolute Gasteiger partial charge is 0.352 e. The summed E-state index contributed by atoms with van der Waals surface area (Å²) in [5.74, 6) is -0.607. The van der Waals surface area contributed by atoms with Crippen molar-refractivity contribution in [1.29, 1.82) is 0 Å². The molecule has 1 heterocycles. The molecule has 2 aromatic carbocycles. The van der Waals surface area contributed by atoms with Crippen LogP contribution in [0.2, 0.25) is 0 Å². The molecule has 30 heavy (non-hydrogen) atoms. The van der Waals surface area contributed by atoms with Crippen molar-refractivity contribution in [3.05, 3.63) is 92.3 Å². The molecule has 1 aromatic heterocycles. The second-order valence-electron chi connectivity index (χ2n) is 7.31. The number of carbonyl (C=O) groups excluding carboxylic acids is 1. The van der Waals surface area contributed by atoms with Crippen LogP contribution in [0.15, 0.2) is 64.2 Å². The van der Waals surface area contributed by atoms with Crippen LogP contribution in [-0.2, 0) is 6.54 Å². The van der Waals surface area contributed by atoms with Crippen LogP contribution in [0.5, 0.6) is 0 Å². The molecule has 8 nitrogen and oxygen atoms in total.